The van der Waals surface area contributed by atoms with E-state index in [-0.39, 0.29) is 0 Å². The summed E-state index contributed by atoms with van der Waals surface area (Å²) in [6.45, 7) is 2.11. The van der Waals surface area contributed by atoms with E-state index in [1.54, 1.807) is 22.7 Å². The van der Waals surface area contributed by atoms with Crippen molar-refractivity contribution >= 4 is 62.4 Å². The molecule has 0 aliphatic heterocycles. The number of halogens is 2. The summed E-state index contributed by atoms with van der Waals surface area (Å²) >= 11 is 12.7. The third kappa shape index (κ3) is 2.94. The molecule has 2 aromatic rings. The van der Waals surface area contributed by atoms with E-state index in [0.29, 0.717) is 0 Å². The van der Waals surface area contributed by atoms with Crippen LogP contribution in [0.5, 0.6) is 0 Å². The van der Waals surface area contributed by atoms with Gasteiger partial charge in [0.1, 0.15) is 0 Å². The summed E-state index contributed by atoms with van der Waals surface area (Å²) in [5, 5.41) is 2.15. The predicted octanol–water partition coefficient (Wildman–Crippen LogP) is 5.70. The molecule has 0 fully saturated rings. The molecule has 0 bridgehead atoms. The van der Waals surface area contributed by atoms with Gasteiger partial charge in [0.2, 0.25) is 0 Å². The van der Waals surface area contributed by atoms with E-state index in [0.717, 1.165) is 13.7 Å². The van der Waals surface area contributed by atoms with Crippen molar-refractivity contribution in [1.29, 1.82) is 0 Å². The minimum Gasteiger partial charge on any atom is -0.149 e. The molecule has 2 aromatic heterocycles. The van der Waals surface area contributed by atoms with Crippen molar-refractivity contribution in [3.63, 3.8) is 0 Å². The lowest BCUT2D eigenvalue weighted by Gasteiger charge is -1.86. The fraction of sp³-hybridized carbons (Fsp3) is 0.0909. The Hall–Kier alpha value is -0.0900. The van der Waals surface area contributed by atoms with Gasteiger partial charge in [-0.2, -0.15) is 0 Å². The molecular formula is C11H8BrClS2. The van der Waals surface area contributed by atoms with Gasteiger partial charge in [0.05, 0.1) is 8.12 Å². The molecule has 0 unspecified atom stereocenters. The average molecular weight is 320 g/mol. The van der Waals surface area contributed by atoms with Gasteiger partial charge in [0.15, 0.2) is 0 Å². The second kappa shape index (κ2) is 4.83. The van der Waals surface area contributed by atoms with Crippen LogP contribution in [0.1, 0.15) is 16.0 Å². The summed E-state index contributed by atoms with van der Waals surface area (Å²) < 4.78 is 1.89. The molecule has 0 radical (unpaired) electrons. The zero-order chi connectivity index (χ0) is 10.8. The van der Waals surface area contributed by atoms with E-state index < -0.39 is 0 Å². The lowest BCUT2D eigenvalue weighted by Crippen LogP contribution is -1.64. The van der Waals surface area contributed by atoms with Crippen LogP contribution < -0.4 is 0 Å². The molecule has 4 heteroatoms. The minimum atomic E-state index is 0.808. The van der Waals surface area contributed by atoms with Gasteiger partial charge in [-0.1, -0.05) is 23.8 Å². The Balaban J connectivity index is 2.21. The quantitative estimate of drug-likeness (QED) is 0.665. The summed E-state index contributed by atoms with van der Waals surface area (Å²) in [7, 11) is 0. The number of hydrogen-bond acceptors (Lipinski definition) is 2. The maximum absolute atomic E-state index is 5.91. The first-order chi connectivity index (χ1) is 7.15. The van der Waals surface area contributed by atoms with Crippen LogP contribution in [0, 0.1) is 6.92 Å². The largest absolute Gasteiger partial charge is 0.149 e. The van der Waals surface area contributed by atoms with E-state index in [1.807, 2.05) is 6.07 Å². The van der Waals surface area contributed by atoms with Crippen LogP contribution in [0.4, 0.5) is 0 Å². The van der Waals surface area contributed by atoms with E-state index in [1.165, 1.54) is 10.4 Å². The van der Waals surface area contributed by atoms with Crippen LogP contribution in [-0.2, 0) is 0 Å². The molecule has 0 nitrogen and oxygen atoms in total. The lowest BCUT2D eigenvalue weighted by atomic mass is 10.2. The van der Waals surface area contributed by atoms with Crippen molar-refractivity contribution in [2.24, 2.45) is 0 Å². The van der Waals surface area contributed by atoms with Gasteiger partial charge in [-0.05, 0) is 45.9 Å². The third-order valence-electron chi connectivity index (χ3n) is 1.89. The van der Waals surface area contributed by atoms with Crippen LogP contribution in [-0.4, -0.2) is 0 Å². The van der Waals surface area contributed by atoms with Gasteiger partial charge in [0, 0.05) is 10.4 Å². The molecule has 0 aromatic carbocycles. The first kappa shape index (κ1) is 11.4. The first-order valence-corrected chi connectivity index (χ1v) is 7.20. The zero-order valence-electron chi connectivity index (χ0n) is 7.96. The van der Waals surface area contributed by atoms with E-state index >= 15 is 0 Å². The maximum atomic E-state index is 5.91. The second-order valence-corrected chi connectivity index (χ2v) is 7.22. The first-order valence-electron chi connectivity index (χ1n) is 4.33. The van der Waals surface area contributed by atoms with E-state index in [9.17, 15) is 0 Å². The Labute approximate surface area is 110 Å². The minimum absolute atomic E-state index is 0.808. The lowest BCUT2D eigenvalue weighted by molar-refractivity contribution is 1.63. The average Bonchev–Trinajstić information content (AvgIpc) is 2.70. The number of rotatable bonds is 2. The normalized spacial score (nSPS) is 11.4. The van der Waals surface area contributed by atoms with Gasteiger partial charge >= 0.3 is 0 Å². The van der Waals surface area contributed by atoms with Gasteiger partial charge < -0.3 is 0 Å². The fourth-order valence-corrected chi connectivity index (χ4v) is 3.88. The smallest absolute Gasteiger partial charge is 0.0946 e. The van der Waals surface area contributed by atoms with E-state index in [4.69, 9.17) is 11.6 Å². The molecular weight excluding hydrogens is 312 g/mol. The van der Waals surface area contributed by atoms with Crippen LogP contribution in [0.3, 0.4) is 0 Å². The van der Waals surface area contributed by atoms with Crippen molar-refractivity contribution in [2.45, 2.75) is 6.92 Å². The van der Waals surface area contributed by atoms with Crippen LogP contribution in [0.15, 0.2) is 21.3 Å². The molecule has 2 rings (SSSR count). The van der Waals surface area contributed by atoms with Crippen LogP contribution >= 0.6 is 50.2 Å². The summed E-state index contributed by atoms with van der Waals surface area (Å²) in [5.41, 5.74) is 2.38. The standard InChI is InChI=1S/C11H8BrClS2/c1-7-4-8(6-14-7)2-3-9-5-10(13)15-11(9)12/h2-6H,1H3/b3-2-. The van der Waals surface area contributed by atoms with Crippen molar-refractivity contribution in [2.75, 3.05) is 0 Å². The SMILES string of the molecule is Cc1cc(/C=C\c2cc(Cl)sc2Br)cs1. The Morgan fingerprint density at radius 3 is 2.67 bits per heavy atom. The molecule has 15 heavy (non-hydrogen) atoms. The molecule has 0 saturated heterocycles. The van der Waals surface area contributed by atoms with Crippen molar-refractivity contribution in [3.05, 3.63) is 41.6 Å². The number of thiophene rings is 2. The highest BCUT2D eigenvalue weighted by Gasteiger charge is 2.01. The zero-order valence-corrected chi connectivity index (χ0v) is 11.9. The third-order valence-corrected chi connectivity index (χ3v) is 4.78. The second-order valence-electron chi connectivity index (χ2n) is 3.10. The summed E-state index contributed by atoms with van der Waals surface area (Å²) in [6, 6.07) is 4.13. The fourth-order valence-electron chi connectivity index (χ4n) is 1.20. The highest BCUT2D eigenvalue weighted by Crippen LogP contribution is 2.32. The van der Waals surface area contributed by atoms with Crippen LogP contribution in [0.25, 0.3) is 12.2 Å². The van der Waals surface area contributed by atoms with Gasteiger partial charge in [-0.15, -0.1) is 22.7 Å². The Kier molecular flexibility index (Phi) is 3.67. The van der Waals surface area contributed by atoms with Crippen molar-refractivity contribution in [3.8, 4) is 0 Å². The van der Waals surface area contributed by atoms with Gasteiger partial charge in [0.25, 0.3) is 0 Å². The Morgan fingerprint density at radius 2 is 2.13 bits per heavy atom. The molecule has 0 aliphatic carbocycles. The van der Waals surface area contributed by atoms with Gasteiger partial charge in [-0.25, -0.2) is 0 Å². The monoisotopic (exact) mass is 318 g/mol. The highest BCUT2D eigenvalue weighted by atomic mass is 79.9. The Bertz CT molecular complexity index is 496. The van der Waals surface area contributed by atoms with Gasteiger partial charge in [-0.3, -0.25) is 0 Å². The molecule has 0 saturated carbocycles. The molecule has 0 amide bonds. The maximum Gasteiger partial charge on any atom is 0.0946 e. The van der Waals surface area contributed by atoms with Crippen LogP contribution in [0.2, 0.25) is 4.34 Å². The predicted molar refractivity (Wildman–Crippen MR) is 75.0 cm³/mol. The molecule has 78 valence electrons. The summed E-state index contributed by atoms with van der Waals surface area (Å²) in [6.07, 6.45) is 4.18. The van der Waals surface area contributed by atoms with Crippen molar-refractivity contribution in [1.82, 2.24) is 0 Å². The van der Waals surface area contributed by atoms with E-state index in [2.05, 4.69) is 46.5 Å². The molecule has 0 aliphatic rings. The molecule has 0 spiro atoms. The highest BCUT2D eigenvalue weighted by molar-refractivity contribution is 9.11. The molecule has 0 N–H and O–H groups in total. The molecule has 2 heterocycles. The summed E-state index contributed by atoms with van der Waals surface area (Å²) in [5.74, 6) is 0. The topological polar surface area (TPSA) is 0 Å². The Morgan fingerprint density at radius 1 is 1.33 bits per heavy atom. The molecule has 0 atom stereocenters. The number of aryl methyl sites for hydroxylation is 1. The number of hydrogen-bond donors (Lipinski definition) is 0. The summed E-state index contributed by atoms with van der Waals surface area (Å²) in [4.78, 5) is 1.33. The van der Waals surface area contributed by atoms with Crippen molar-refractivity contribution < 1.29 is 0 Å².